The molecule has 0 unspecified atom stereocenters. The summed E-state index contributed by atoms with van der Waals surface area (Å²) in [6, 6.07) is 2.55. The highest BCUT2D eigenvalue weighted by atomic mass is 35.5. The minimum Gasteiger partial charge on any atom is -0.347 e. The zero-order chi connectivity index (χ0) is 29.8. The van der Waals surface area contributed by atoms with E-state index in [1.54, 1.807) is 0 Å². The first-order chi connectivity index (χ1) is 16.1. The summed E-state index contributed by atoms with van der Waals surface area (Å²) in [7, 11) is 0. The van der Waals surface area contributed by atoms with E-state index in [0.29, 0.717) is 0 Å². The van der Waals surface area contributed by atoms with Crippen LogP contribution < -0.4 is 5.32 Å². The van der Waals surface area contributed by atoms with Crippen LogP contribution in [0, 0.1) is 0 Å². The normalized spacial score (nSPS) is 15.1. The van der Waals surface area contributed by atoms with E-state index in [1.807, 2.05) is 0 Å². The van der Waals surface area contributed by atoms with Gasteiger partial charge in [-0.25, -0.2) is 0 Å². The molecule has 1 amide bonds. The number of hydrogen-bond donors (Lipinski definition) is 1. The number of nitrogens with one attached hydrogen (secondary N) is 1. The van der Waals surface area contributed by atoms with Crippen LogP contribution in [0.1, 0.15) is 5.56 Å². The largest absolute Gasteiger partial charge is 0.460 e. The standard InChI is InChI=1S/C16H6Cl2F17NO/c17-6-2-1-5(3-7(6)18)4-36-8(37)9(19,20)10(21,22)11(23,24)12(25,26)13(27,28)14(29,30)15(31,32)16(33,34)35/h1-3H,4H2,(H,36,37). The van der Waals surface area contributed by atoms with Crippen LogP contribution in [0.15, 0.2) is 18.2 Å². The molecular formula is C16H6Cl2F17NO. The summed E-state index contributed by atoms with van der Waals surface area (Å²) < 4.78 is 224. The maximum absolute atomic E-state index is 13.8. The Hall–Kier alpha value is -1.92. The monoisotopic (exact) mass is 621 g/mol. The lowest BCUT2D eigenvalue weighted by atomic mass is 9.89. The first-order valence-electron chi connectivity index (χ1n) is 8.49. The highest BCUT2D eigenvalue weighted by molar-refractivity contribution is 6.42. The summed E-state index contributed by atoms with van der Waals surface area (Å²) in [6.45, 7) is -1.32. The zero-order valence-electron chi connectivity index (χ0n) is 16.5. The summed E-state index contributed by atoms with van der Waals surface area (Å²) in [5, 5.41) is 0.234. The van der Waals surface area contributed by atoms with Crippen LogP contribution >= 0.6 is 23.2 Å². The summed E-state index contributed by atoms with van der Waals surface area (Å²) in [4.78, 5) is 11.4. The second-order valence-electron chi connectivity index (χ2n) is 6.95. The fourth-order valence-corrected chi connectivity index (χ4v) is 2.57. The van der Waals surface area contributed by atoms with E-state index < -0.39 is 60.1 Å². The third-order valence-electron chi connectivity index (χ3n) is 4.44. The molecule has 0 radical (unpaired) electrons. The van der Waals surface area contributed by atoms with E-state index in [2.05, 4.69) is 0 Å². The molecule has 21 heteroatoms. The number of hydrogen-bond acceptors (Lipinski definition) is 1. The second-order valence-corrected chi connectivity index (χ2v) is 7.76. The Morgan fingerprint density at radius 3 is 1.35 bits per heavy atom. The molecule has 0 aliphatic carbocycles. The fourth-order valence-electron chi connectivity index (χ4n) is 2.25. The Bertz CT molecular complexity index is 1020. The Morgan fingerprint density at radius 1 is 0.595 bits per heavy atom. The molecule has 37 heavy (non-hydrogen) atoms. The third-order valence-corrected chi connectivity index (χ3v) is 5.18. The molecule has 0 spiro atoms. The van der Waals surface area contributed by atoms with Gasteiger partial charge in [-0.3, -0.25) is 4.79 Å². The van der Waals surface area contributed by atoms with Gasteiger partial charge < -0.3 is 5.32 Å². The van der Waals surface area contributed by atoms with E-state index in [0.717, 1.165) is 23.5 Å². The van der Waals surface area contributed by atoms with Crippen molar-refractivity contribution in [1.82, 2.24) is 5.32 Å². The topological polar surface area (TPSA) is 29.1 Å². The average molecular weight is 622 g/mol. The summed E-state index contributed by atoms with van der Waals surface area (Å²) in [5.41, 5.74) is -0.389. The molecule has 0 aliphatic rings. The van der Waals surface area contributed by atoms with E-state index in [-0.39, 0.29) is 15.6 Å². The summed E-state index contributed by atoms with van der Waals surface area (Å²) in [5.74, 6) is -61.8. The number of halogens is 19. The predicted molar refractivity (Wildman–Crippen MR) is 89.0 cm³/mol. The molecule has 0 atom stereocenters. The van der Waals surface area contributed by atoms with Crippen molar-refractivity contribution in [2.75, 3.05) is 0 Å². The molecule has 2 nitrogen and oxygen atoms in total. The van der Waals surface area contributed by atoms with Gasteiger partial charge in [-0.2, -0.15) is 74.6 Å². The third kappa shape index (κ3) is 4.85. The second kappa shape index (κ2) is 9.37. The lowest BCUT2D eigenvalue weighted by Gasteiger charge is -2.42. The first-order valence-corrected chi connectivity index (χ1v) is 9.25. The van der Waals surface area contributed by atoms with Crippen molar-refractivity contribution in [3.05, 3.63) is 33.8 Å². The Labute approximate surface area is 202 Å². The van der Waals surface area contributed by atoms with Crippen molar-refractivity contribution < 1.29 is 79.4 Å². The molecule has 1 aromatic rings. The van der Waals surface area contributed by atoms with Gasteiger partial charge >= 0.3 is 47.6 Å². The molecule has 1 N–H and O–H groups in total. The van der Waals surface area contributed by atoms with Crippen molar-refractivity contribution in [3.8, 4) is 0 Å². The van der Waals surface area contributed by atoms with Crippen molar-refractivity contribution in [2.45, 2.75) is 54.2 Å². The highest BCUT2D eigenvalue weighted by Gasteiger charge is 2.95. The molecule has 0 bridgehead atoms. The van der Waals surface area contributed by atoms with E-state index in [4.69, 9.17) is 23.2 Å². The summed E-state index contributed by atoms with van der Waals surface area (Å²) >= 11 is 11.0. The maximum atomic E-state index is 13.8. The smallest absolute Gasteiger partial charge is 0.347 e. The van der Waals surface area contributed by atoms with Crippen LogP contribution in [-0.2, 0) is 11.3 Å². The molecule has 1 rings (SSSR count). The molecule has 0 aromatic heterocycles. The molecule has 1 aromatic carbocycles. The van der Waals surface area contributed by atoms with Gasteiger partial charge in [-0.15, -0.1) is 0 Å². The Kier molecular flexibility index (Phi) is 8.39. The average Bonchev–Trinajstić information content (AvgIpc) is 2.72. The number of alkyl halides is 17. The van der Waals surface area contributed by atoms with Gasteiger partial charge in [0.25, 0.3) is 5.91 Å². The van der Waals surface area contributed by atoms with E-state index in [9.17, 15) is 79.4 Å². The number of carbonyl (C=O) groups excluding carboxylic acids is 1. The molecule has 0 heterocycles. The van der Waals surface area contributed by atoms with Crippen molar-refractivity contribution >= 4 is 29.1 Å². The Morgan fingerprint density at radius 2 is 0.973 bits per heavy atom. The number of rotatable bonds is 9. The van der Waals surface area contributed by atoms with Gasteiger partial charge in [0.1, 0.15) is 0 Å². The van der Waals surface area contributed by atoms with Gasteiger partial charge in [-0.05, 0) is 17.7 Å². The molecular weight excluding hydrogens is 616 g/mol. The molecule has 214 valence electrons. The van der Waals surface area contributed by atoms with Crippen LogP contribution in [0.3, 0.4) is 0 Å². The molecule has 0 fully saturated rings. The van der Waals surface area contributed by atoms with Gasteiger partial charge in [0, 0.05) is 6.54 Å². The lowest BCUT2D eigenvalue weighted by molar-refractivity contribution is -0.459. The number of carbonyl (C=O) groups is 1. The van der Waals surface area contributed by atoms with Gasteiger partial charge in [0.2, 0.25) is 0 Å². The SMILES string of the molecule is O=C(NCc1ccc(Cl)c(Cl)c1)C(F)(F)C(F)(F)C(F)(F)C(F)(F)C(F)(F)C(F)(F)C(F)(F)C(F)(F)F. The zero-order valence-corrected chi connectivity index (χ0v) is 18.0. The van der Waals surface area contributed by atoms with Gasteiger partial charge in [-0.1, -0.05) is 29.3 Å². The van der Waals surface area contributed by atoms with Crippen molar-refractivity contribution in [3.63, 3.8) is 0 Å². The minimum atomic E-state index is -8.77. The van der Waals surface area contributed by atoms with Crippen molar-refractivity contribution in [2.24, 2.45) is 0 Å². The van der Waals surface area contributed by atoms with Gasteiger partial charge in [0.15, 0.2) is 0 Å². The lowest BCUT2D eigenvalue weighted by Crippen LogP contribution is -2.75. The van der Waals surface area contributed by atoms with Crippen molar-refractivity contribution in [1.29, 1.82) is 0 Å². The molecule has 0 aliphatic heterocycles. The van der Waals surface area contributed by atoms with Crippen LogP contribution in [0.5, 0.6) is 0 Å². The highest BCUT2D eigenvalue weighted by Crippen LogP contribution is 2.63. The Balaban J connectivity index is 3.46. The number of benzene rings is 1. The van der Waals surface area contributed by atoms with Crippen LogP contribution in [-0.4, -0.2) is 53.5 Å². The van der Waals surface area contributed by atoms with Crippen LogP contribution in [0.4, 0.5) is 74.6 Å². The first kappa shape index (κ1) is 33.1. The predicted octanol–water partition coefficient (Wildman–Crippen LogP) is 7.62. The van der Waals surface area contributed by atoms with E-state index in [1.165, 1.54) is 0 Å². The van der Waals surface area contributed by atoms with E-state index >= 15 is 0 Å². The summed E-state index contributed by atoms with van der Waals surface area (Å²) in [6.07, 6.45) is -7.85. The van der Waals surface area contributed by atoms with Crippen LogP contribution in [0.25, 0.3) is 0 Å². The molecule has 0 saturated carbocycles. The fraction of sp³-hybridized carbons (Fsp3) is 0.562. The van der Waals surface area contributed by atoms with Crippen LogP contribution in [0.2, 0.25) is 10.0 Å². The number of amides is 1. The maximum Gasteiger partial charge on any atom is 0.460 e. The molecule has 0 saturated heterocycles. The van der Waals surface area contributed by atoms with Gasteiger partial charge in [0.05, 0.1) is 10.0 Å². The quantitative estimate of drug-likeness (QED) is 0.283. The minimum absolute atomic E-state index is 0.190.